The number of aryl methyl sites for hydroxylation is 1. The monoisotopic (exact) mass is 561 g/mol. The third kappa shape index (κ3) is 3.46. The summed E-state index contributed by atoms with van der Waals surface area (Å²) in [5.41, 5.74) is 1.65. The molecule has 0 saturated heterocycles. The van der Waals surface area contributed by atoms with Crippen LogP contribution in [0.4, 0.5) is 4.39 Å². The molecule has 1 saturated carbocycles. The molecule has 214 valence electrons. The fourth-order valence-corrected chi connectivity index (χ4v) is 7.33. The Morgan fingerprint density at radius 1 is 1.24 bits per heavy atom. The van der Waals surface area contributed by atoms with Gasteiger partial charge in [-0.2, -0.15) is 0 Å². The van der Waals surface area contributed by atoms with Crippen molar-refractivity contribution in [2.24, 2.45) is 5.41 Å². The smallest absolute Gasteiger partial charge is 0.343 e. The summed E-state index contributed by atoms with van der Waals surface area (Å²) >= 11 is 0. The van der Waals surface area contributed by atoms with E-state index in [1.54, 1.807) is 17.6 Å². The quantitative estimate of drug-likeness (QED) is 0.319. The fourth-order valence-electron chi connectivity index (χ4n) is 7.33. The molecule has 3 aromatic rings. The lowest BCUT2D eigenvalue weighted by Gasteiger charge is -2.40. The number of benzene rings is 1. The van der Waals surface area contributed by atoms with Crippen molar-refractivity contribution < 1.29 is 28.9 Å². The van der Waals surface area contributed by atoms with Gasteiger partial charge in [-0.15, -0.1) is 0 Å². The van der Waals surface area contributed by atoms with Crippen LogP contribution in [-0.2, 0) is 39.5 Å². The van der Waals surface area contributed by atoms with Crippen molar-refractivity contribution in [2.45, 2.75) is 83.6 Å². The van der Waals surface area contributed by atoms with Crippen molar-refractivity contribution in [1.82, 2.24) is 14.9 Å². The first kappa shape index (κ1) is 26.3. The van der Waals surface area contributed by atoms with E-state index < -0.39 is 23.0 Å². The third-order valence-corrected chi connectivity index (χ3v) is 9.88. The molecule has 9 nitrogen and oxygen atoms in total. The normalized spacial score (nSPS) is 23.3. The van der Waals surface area contributed by atoms with E-state index >= 15 is 4.39 Å². The molecule has 1 aromatic carbocycles. The maximum atomic E-state index is 15.1. The number of aliphatic hydroxyl groups is 2. The Bertz CT molecular complexity index is 1740. The number of hydrogen-bond donors (Lipinski definition) is 3. The minimum Gasteiger partial charge on any atom is -0.458 e. The molecular weight excluding hydrogens is 529 g/mol. The summed E-state index contributed by atoms with van der Waals surface area (Å²) in [5.74, 6) is -1.35. The van der Waals surface area contributed by atoms with Gasteiger partial charge < -0.3 is 24.8 Å². The van der Waals surface area contributed by atoms with Crippen molar-refractivity contribution in [3.05, 3.63) is 61.7 Å². The molecule has 2 atom stereocenters. The van der Waals surface area contributed by atoms with Gasteiger partial charge in [0.2, 0.25) is 5.91 Å². The summed E-state index contributed by atoms with van der Waals surface area (Å²) < 4.78 is 21.9. The number of esters is 1. The summed E-state index contributed by atoms with van der Waals surface area (Å²) in [4.78, 5) is 44.8. The van der Waals surface area contributed by atoms with Crippen molar-refractivity contribution in [3.8, 4) is 11.4 Å². The Morgan fingerprint density at radius 3 is 2.71 bits per heavy atom. The summed E-state index contributed by atoms with van der Waals surface area (Å²) in [6, 6.07) is 2.64. The summed E-state index contributed by atoms with van der Waals surface area (Å²) in [6.45, 7) is 3.32. The molecule has 1 fully saturated rings. The average Bonchev–Trinajstić information content (AvgIpc) is 3.29. The number of ether oxygens (including phenoxy) is 1. The number of pyridine rings is 2. The highest BCUT2D eigenvalue weighted by molar-refractivity contribution is 5.94. The minimum atomic E-state index is -1.95. The summed E-state index contributed by atoms with van der Waals surface area (Å²) in [7, 11) is 0. The zero-order valence-corrected chi connectivity index (χ0v) is 23.1. The van der Waals surface area contributed by atoms with Gasteiger partial charge in [0.25, 0.3) is 5.56 Å². The second kappa shape index (κ2) is 8.93. The van der Waals surface area contributed by atoms with E-state index in [9.17, 15) is 24.6 Å². The molecule has 3 N–H and O–H groups in total. The van der Waals surface area contributed by atoms with E-state index in [-0.39, 0.29) is 54.6 Å². The SMILES string of the molecule is CCC[C@@]1(O)C(=O)OCc2c1cc1n(c2=O)Cc2c-1nc1cc(F)c(C)c3c1c2[C@@H](NC(=O)C1(CO)CCC1)CC3. The van der Waals surface area contributed by atoms with Gasteiger partial charge in [-0.1, -0.05) is 19.8 Å². The first-order valence-corrected chi connectivity index (χ1v) is 14.4. The maximum absolute atomic E-state index is 15.1. The van der Waals surface area contributed by atoms with Gasteiger partial charge in [0.15, 0.2) is 5.60 Å². The van der Waals surface area contributed by atoms with Gasteiger partial charge in [-0.25, -0.2) is 14.2 Å². The number of aliphatic hydroxyl groups excluding tert-OH is 1. The minimum absolute atomic E-state index is 0.0968. The van der Waals surface area contributed by atoms with E-state index in [1.807, 2.05) is 6.92 Å². The lowest BCUT2D eigenvalue weighted by atomic mass is 9.68. The standard InChI is InChI=1S/C31H32FN3O6/c1-3-7-31(40)19-10-23-26-17(12-35(23)27(37)18(19)13-41-29(31)39)25-21(34-28(38)30(14-36)8-4-9-30)6-5-16-15(2)20(32)11-22(33-26)24(16)25/h10-11,21,36,40H,3-9,12-14H2,1-2H3,(H,34,38)/t21-,31-/m0/s1. The molecule has 4 heterocycles. The first-order valence-electron chi connectivity index (χ1n) is 14.4. The van der Waals surface area contributed by atoms with Crippen LogP contribution in [0.25, 0.3) is 22.3 Å². The van der Waals surface area contributed by atoms with Gasteiger partial charge in [-0.3, -0.25) is 9.59 Å². The third-order valence-electron chi connectivity index (χ3n) is 9.88. The van der Waals surface area contributed by atoms with E-state index in [0.29, 0.717) is 54.6 Å². The van der Waals surface area contributed by atoms with E-state index in [2.05, 4.69) is 5.32 Å². The van der Waals surface area contributed by atoms with Crippen molar-refractivity contribution in [2.75, 3.05) is 6.61 Å². The summed E-state index contributed by atoms with van der Waals surface area (Å²) in [6.07, 6.45) is 3.81. The molecule has 2 aliphatic carbocycles. The number of cyclic esters (lactones) is 1. The molecule has 0 unspecified atom stereocenters. The van der Waals surface area contributed by atoms with Crippen molar-refractivity contribution in [1.29, 1.82) is 0 Å². The molecular formula is C31H32FN3O6. The number of aromatic nitrogens is 2. The predicted molar refractivity (Wildman–Crippen MR) is 146 cm³/mol. The largest absolute Gasteiger partial charge is 0.458 e. The molecule has 2 aliphatic heterocycles. The van der Waals surface area contributed by atoms with Gasteiger partial charge in [-0.05, 0) is 61.8 Å². The van der Waals surface area contributed by atoms with Gasteiger partial charge in [0, 0.05) is 22.6 Å². The maximum Gasteiger partial charge on any atom is 0.343 e. The van der Waals surface area contributed by atoms with Crippen molar-refractivity contribution in [3.63, 3.8) is 0 Å². The predicted octanol–water partition coefficient (Wildman–Crippen LogP) is 3.18. The van der Waals surface area contributed by atoms with Crippen LogP contribution in [0.1, 0.15) is 84.9 Å². The molecule has 7 rings (SSSR count). The number of fused-ring (bicyclic) bond motifs is 5. The second-order valence-electron chi connectivity index (χ2n) is 12.1. The average molecular weight is 562 g/mol. The number of amides is 1. The van der Waals surface area contributed by atoms with Crippen LogP contribution in [0, 0.1) is 18.2 Å². The van der Waals surface area contributed by atoms with E-state index in [1.165, 1.54) is 6.07 Å². The number of carbonyl (C=O) groups is 2. The van der Waals surface area contributed by atoms with Gasteiger partial charge in [0.05, 0.1) is 47.1 Å². The van der Waals surface area contributed by atoms with Crippen LogP contribution in [0.3, 0.4) is 0 Å². The number of halogens is 1. The number of carbonyl (C=O) groups excluding carboxylic acids is 2. The molecule has 41 heavy (non-hydrogen) atoms. The lowest BCUT2D eigenvalue weighted by molar-refractivity contribution is -0.172. The van der Waals surface area contributed by atoms with Gasteiger partial charge >= 0.3 is 5.97 Å². The van der Waals surface area contributed by atoms with Crippen LogP contribution < -0.4 is 10.9 Å². The Balaban J connectivity index is 1.45. The molecule has 0 bridgehead atoms. The number of hydrogen-bond acceptors (Lipinski definition) is 7. The zero-order valence-electron chi connectivity index (χ0n) is 23.1. The molecule has 4 aliphatic rings. The Kier molecular flexibility index (Phi) is 5.73. The van der Waals surface area contributed by atoms with Crippen LogP contribution in [0.15, 0.2) is 16.9 Å². The topological polar surface area (TPSA) is 131 Å². The second-order valence-corrected chi connectivity index (χ2v) is 12.1. The zero-order chi connectivity index (χ0) is 28.8. The van der Waals surface area contributed by atoms with E-state index in [4.69, 9.17) is 9.72 Å². The Morgan fingerprint density at radius 2 is 2.02 bits per heavy atom. The van der Waals surface area contributed by atoms with E-state index in [0.717, 1.165) is 28.5 Å². The highest BCUT2D eigenvalue weighted by Crippen LogP contribution is 2.47. The molecule has 0 spiro atoms. The number of rotatable bonds is 5. The molecule has 2 aromatic heterocycles. The lowest BCUT2D eigenvalue weighted by Crippen LogP contribution is -2.49. The molecule has 0 radical (unpaired) electrons. The van der Waals surface area contributed by atoms with Crippen LogP contribution in [-0.4, -0.2) is 38.2 Å². The van der Waals surface area contributed by atoms with Crippen LogP contribution in [0.5, 0.6) is 0 Å². The molecule has 10 heteroatoms. The van der Waals surface area contributed by atoms with Crippen LogP contribution >= 0.6 is 0 Å². The highest BCUT2D eigenvalue weighted by Gasteiger charge is 2.47. The van der Waals surface area contributed by atoms with Crippen molar-refractivity contribution >= 4 is 22.8 Å². The fraction of sp³-hybridized carbons (Fsp3) is 0.484. The van der Waals surface area contributed by atoms with Gasteiger partial charge in [0.1, 0.15) is 12.4 Å². The number of nitrogens with zero attached hydrogens (tertiary/aromatic N) is 2. The Hall–Kier alpha value is -3.63. The first-order chi connectivity index (χ1) is 19.6. The molecule has 1 amide bonds. The Labute approximate surface area is 235 Å². The van der Waals surface area contributed by atoms with Crippen LogP contribution in [0.2, 0.25) is 0 Å². The number of nitrogens with one attached hydrogen (secondary N) is 1. The summed E-state index contributed by atoms with van der Waals surface area (Å²) in [5, 5.41) is 25.4. The highest BCUT2D eigenvalue weighted by atomic mass is 19.1.